The van der Waals surface area contributed by atoms with E-state index in [1.54, 1.807) is 24.3 Å². The summed E-state index contributed by atoms with van der Waals surface area (Å²) < 4.78 is 21.2. The number of benzene rings is 2. The Labute approximate surface area is 173 Å². The molecule has 2 aliphatic rings. The van der Waals surface area contributed by atoms with Gasteiger partial charge in [-0.15, -0.1) is 0 Å². The highest BCUT2D eigenvalue weighted by molar-refractivity contribution is 6.00. The number of fused-ring (bicyclic) bond motifs is 2. The van der Waals surface area contributed by atoms with Crippen molar-refractivity contribution in [2.24, 2.45) is 7.05 Å². The Morgan fingerprint density at radius 3 is 2.77 bits per heavy atom. The zero-order valence-electron chi connectivity index (χ0n) is 16.7. The standard InChI is InChI=1S/C23H22FN3O3/c1-26-12-18(17-11-16(24)3-4-20(17)26)14-6-8-27(9-7-14)23(29)15-2-5-21-19(10-15)25-22(28)13-30-21/h2-5,10-12,14H,6-9,13H2,1H3,(H,25,28). The normalized spacial score (nSPS) is 16.9. The van der Waals surface area contributed by atoms with Crippen molar-refractivity contribution < 1.29 is 18.7 Å². The van der Waals surface area contributed by atoms with Gasteiger partial charge in [0, 0.05) is 42.8 Å². The highest BCUT2D eigenvalue weighted by atomic mass is 19.1. The average Bonchev–Trinajstić information content (AvgIpc) is 3.08. The Hall–Kier alpha value is -3.35. The topological polar surface area (TPSA) is 63.6 Å². The molecule has 7 heteroatoms. The van der Waals surface area contributed by atoms with Crippen LogP contribution in [0.1, 0.15) is 34.7 Å². The number of amides is 2. The summed E-state index contributed by atoms with van der Waals surface area (Å²) >= 11 is 0. The number of likely N-dealkylation sites (tertiary alicyclic amines) is 1. The molecule has 0 aliphatic carbocycles. The monoisotopic (exact) mass is 407 g/mol. The van der Waals surface area contributed by atoms with Crippen molar-refractivity contribution in [3.05, 3.63) is 59.5 Å². The molecule has 154 valence electrons. The van der Waals surface area contributed by atoms with Crippen molar-refractivity contribution in [1.82, 2.24) is 9.47 Å². The van der Waals surface area contributed by atoms with Crippen molar-refractivity contribution >= 4 is 28.4 Å². The van der Waals surface area contributed by atoms with E-state index in [0.29, 0.717) is 30.1 Å². The van der Waals surface area contributed by atoms with Crippen molar-refractivity contribution in [3.63, 3.8) is 0 Å². The molecule has 1 N–H and O–H groups in total. The van der Waals surface area contributed by atoms with Crippen LogP contribution in [0.5, 0.6) is 5.75 Å². The average molecular weight is 407 g/mol. The maximum absolute atomic E-state index is 13.8. The molecule has 0 unspecified atom stereocenters. The van der Waals surface area contributed by atoms with E-state index >= 15 is 0 Å². The van der Waals surface area contributed by atoms with Crippen molar-refractivity contribution in [2.75, 3.05) is 25.0 Å². The molecule has 1 saturated heterocycles. The van der Waals surface area contributed by atoms with Gasteiger partial charge in [0.1, 0.15) is 11.6 Å². The molecule has 0 atom stereocenters. The molecule has 3 aromatic rings. The van der Waals surface area contributed by atoms with Crippen LogP contribution in [0.15, 0.2) is 42.6 Å². The molecule has 0 bridgehead atoms. The lowest BCUT2D eigenvalue weighted by molar-refractivity contribution is -0.118. The molecular formula is C23H22FN3O3. The second kappa shape index (κ2) is 7.16. The van der Waals surface area contributed by atoms with E-state index in [1.807, 2.05) is 22.6 Å². The van der Waals surface area contributed by atoms with Crippen LogP contribution >= 0.6 is 0 Å². The fraction of sp³-hybridized carbons (Fsp3) is 0.304. The van der Waals surface area contributed by atoms with Gasteiger partial charge < -0.3 is 19.5 Å². The first-order valence-electron chi connectivity index (χ1n) is 10.1. The molecule has 3 heterocycles. The van der Waals surface area contributed by atoms with E-state index in [1.165, 1.54) is 6.07 Å². The Kier molecular flexibility index (Phi) is 4.46. The second-order valence-corrected chi connectivity index (χ2v) is 7.97. The predicted molar refractivity (Wildman–Crippen MR) is 111 cm³/mol. The first-order chi connectivity index (χ1) is 14.5. The summed E-state index contributed by atoms with van der Waals surface area (Å²) in [5, 5.41) is 3.69. The smallest absolute Gasteiger partial charge is 0.262 e. The van der Waals surface area contributed by atoms with Gasteiger partial charge in [0.2, 0.25) is 0 Å². The number of aryl methyl sites for hydroxylation is 1. The molecule has 6 nitrogen and oxygen atoms in total. The van der Waals surface area contributed by atoms with Crippen LogP contribution in [-0.4, -0.2) is 41.0 Å². The third-order valence-electron chi connectivity index (χ3n) is 6.06. The lowest BCUT2D eigenvalue weighted by Gasteiger charge is -2.32. The quantitative estimate of drug-likeness (QED) is 0.705. The van der Waals surface area contributed by atoms with Gasteiger partial charge in [0.25, 0.3) is 11.8 Å². The summed E-state index contributed by atoms with van der Waals surface area (Å²) in [5.41, 5.74) is 3.23. The van der Waals surface area contributed by atoms with Gasteiger partial charge >= 0.3 is 0 Å². The van der Waals surface area contributed by atoms with Crippen LogP contribution in [0.25, 0.3) is 10.9 Å². The molecule has 5 rings (SSSR count). The van der Waals surface area contributed by atoms with E-state index in [9.17, 15) is 14.0 Å². The Balaban J connectivity index is 1.32. The molecule has 1 fully saturated rings. The van der Waals surface area contributed by atoms with Gasteiger partial charge in [-0.1, -0.05) is 0 Å². The van der Waals surface area contributed by atoms with E-state index in [0.717, 1.165) is 29.3 Å². The number of carbonyl (C=O) groups is 2. The van der Waals surface area contributed by atoms with Gasteiger partial charge in [-0.05, 0) is 60.7 Å². The van der Waals surface area contributed by atoms with E-state index in [4.69, 9.17) is 4.74 Å². The van der Waals surface area contributed by atoms with Gasteiger partial charge in [0.15, 0.2) is 6.61 Å². The second-order valence-electron chi connectivity index (χ2n) is 7.97. The summed E-state index contributed by atoms with van der Waals surface area (Å²) in [6, 6.07) is 10.0. The highest BCUT2D eigenvalue weighted by Crippen LogP contribution is 2.35. The van der Waals surface area contributed by atoms with Gasteiger partial charge in [-0.2, -0.15) is 0 Å². The summed E-state index contributed by atoms with van der Waals surface area (Å²) in [4.78, 5) is 26.4. The van der Waals surface area contributed by atoms with Crippen LogP contribution < -0.4 is 10.1 Å². The number of hydrogen-bond donors (Lipinski definition) is 1. The molecule has 0 radical (unpaired) electrons. The number of nitrogens with one attached hydrogen (secondary N) is 1. The molecule has 2 amide bonds. The number of rotatable bonds is 2. The van der Waals surface area contributed by atoms with Crippen molar-refractivity contribution in [2.45, 2.75) is 18.8 Å². The number of hydrogen-bond acceptors (Lipinski definition) is 3. The molecule has 0 saturated carbocycles. The third-order valence-corrected chi connectivity index (χ3v) is 6.06. The predicted octanol–water partition coefficient (Wildman–Crippen LogP) is 3.67. The Bertz CT molecular complexity index is 1160. The Morgan fingerprint density at radius 2 is 1.97 bits per heavy atom. The minimum absolute atomic E-state index is 0.00806. The summed E-state index contributed by atoms with van der Waals surface area (Å²) in [7, 11) is 1.97. The van der Waals surface area contributed by atoms with Gasteiger partial charge in [-0.25, -0.2) is 4.39 Å². The largest absolute Gasteiger partial charge is 0.482 e. The maximum atomic E-state index is 13.8. The highest BCUT2D eigenvalue weighted by Gasteiger charge is 2.27. The number of halogens is 1. The zero-order chi connectivity index (χ0) is 20.8. The zero-order valence-corrected chi connectivity index (χ0v) is 16.7. The number of anilines is 1. The van der Waals surface area contributed by atoms with E-state index in [2.05, 4.69) is 11.5 Å². The minimum Gasteiger partial charge on any atom is -0.482 e. The number of aromatic nitrogens is 1. The molecule has 2 aromatic carbocycles. The van der Waals surface area contributed by atoms with E-state index in [-0.39, 0.29) is 30.2 Å². The molecule has 30 heavy (non-hydrogen) atoms. The fourth-order valence-corrected chi connectivity index (χ4v) is 4.51. The van der Waals surface area contributed by atoms with Gasteiger partial charge in [0.05, 0.1) is 5.69 Å². The molecule has 1 aromatic heterocycles. The van der Waals surface area contributed by atoms with Gasteiger partial charge in [-0.3, -0.25) is 9.59 Å². The Morgan fingerprint density at radius 1 is 1.17 bits per heavy atom. The number of nitrogens with zero attached hydrogens (tertiary/aromatic N) is 2. The lowest BCUT2D eigenvalue weighted by atomic mass is 9.89. The van der Waals surface area contributed by atoms with E-state index < -0.39 is 0 Å². The van der Waals surface area contributed by atoms with Crippen LogP contribution in [0.3, 0.4) is 0 Å². The third kappa shape index (κ3) is 3.20. The first kappa shape index (κ1) is 18.7. The number of carbonyl (C=O) groups excluding carboxylic acids is 2. The maximum Gasteiger partial charge on any atom is 0.262 e. The summed E-state index contributed by atoms with van der Waals surface area (Å²) in [6.45, 7) is 1.26. The lowest BCUT2D eigenvalue weighted by Crippen LogP contribution is -2.38. The van der Waals surface area contributed by atoms with Crippen molar-refractivity contribution in [1.29, 1.82) is 0 Å². The molecular weight excluding hydrogens is 385 g/mol. The van der Waals surface area contributed by atoms with Crippen LogP contribution in [0, 0.1) is 5.82 Å². The molecule has 0 spiro atoms. The number of ether oxygens (including phenoxy) is 1. The van der Waals surface area contributed by atoms with Crippen LogP contribution in [0.4, 0.5) is 10.1 Å². The fourth-order valence-electron chi connectivity index (χ4n) is 4.51. The SMILES string of the molecule is Cn1cc(C2CCN(C(=O)c3ccc4c(c3)NC(=O)CO4)CC2)c2cc(F)ccc21. The van der Waals surface area contributed by atoms with Crippen molar-refractivity contribution in [3.8, 4) is 5.75 Å². The first-order valence-corrected chi connectivity index (χ1v) is 10.1. The molecule has 2 aliphatic heterocycles. The number of piperidine rings is 1. The van der Waals surface area contributed by atoms with Crippen LogP contribution in [-0.2, 0) is 11.8 Å². The minimum atomic E-state index is -0.231. The summed E-state index contributed by atoms with van der Waals surface area (Å²) in [6.07, 6.45) is 3.73. The summed E-state index contributed by atoms with van der Waals surface area (Å²) in [5.74, 6) is 0.356. The van der Waals surface area contributed by atoms with Crippen LogP contribution in [0.2, 0.25) is 0 Å².